The van der Waals surface area contributed by atoms with E-state index >= 15 is 0 Å². The Labute approximate surface area is 124 Å². The second-order valence-corrected chi connectivity index (χ2v) is 6.26. The number of benzene rings is 1. The van der Waals surface area contributed by atoms with Gasteiger partial charge in [0.25, 0.3) is 5.91 Å². The second-order valence-electron chi connectivity index (χ2n) is 4.85. The average Bonchev–Trinajstić information content (AvgIpc) is 2.96. The lowest BCUT2D eigenvalue weighted by atomic mass is 10.0. The molecule has 1 unspecified atom stereocenters. The molecule has 0 saturated carbocycles. The summed E-state index contributed by atoms with van der Waals surface area (Å²) in [5, 5.41) is 12.3. The lowest BCUT2D eigenvalue weighted by Crippen LogP contribution is -2.30. The highest BCUT2D eigenvalue weighted by Crippen LogP contribution is 2.25. The van der Waals surface area contributed by atoms with Crippen LogP contribution in [0.25, 0.3) is 0 Å². The lowest BCUT2D eigenvalue weighted by molar-refractivity contribution is 0.0953. The van der Waals surface area contributed by atoms with Crippen molar-refractivity contribution in [3.05, 3.63) is 34.9 Å². The third-order valence-electron chi connectivity index (χ3n) is 3.24. The van der Waals surface area contributed by atoms with Crippen LogP contribution < -0.4 is 5.32 Å². The van der Waals surface area contributed by atoms with E-state index in [1.807, 2.05) is 36.9 Å². The summed E-state index contributed by atoms with van der Waals surface area (Å²) in [6.07, 6.45) is 2.42. The Morgan fingerprint density at radius 1 is 1.55 bits per heavy atom. The fourth-order valence-electron chi connectivity index (χ4n) is 2.20. The van der Waals surface area contributed by atoms with Crippen molar-refractivity contribution in [1.29, 1.82) is 0 Å². The number of thioether (sulfide) groups is 1. The molecule has 1 fully saturated rings. The highest BCUT2D eigenvalue weighted by Gasteiger charge is 2.17. The first-order chi connectivity index (χ1) is 9.70. The molecule has 2 N–H and O–H groups in total. The van der Waals surface area contributed by atoms with Gasteiger partial charge in [0.05, 0.1) is 5.56 Å². The number of nitrogens with one attached hydrogen (secondary N) is 1. The number of aryl methyl sites for hydroxylation is 1. The van der Waals surface area contributed by atoms with E-state index in [1.165, 1.54) is 18.6 Å². The Morgan fingerprint density at radius 3 is 3.10 bits per heavy atom. The second kappa shape index (κ2) is 7.37. The zero-order valence-electron chi connectivity index (χ0n) is 11.6. The van der Waals surface area contributed by atoms with Crippen LogP contribution in [-0.2, 0) is 0 Å². The Bertz CT molecular complexity index is 539. The van der Waals surface area contributed by atoms with Gasteiger partial charge < -0.3 is 10.4 Å². The monoisotopic (exact) mass is 289 g/mol. The number of aliphatic hydroxyl groups excluding tert-OH is 1. The van der Waals surface area contributed by atoms with Gasteiger partial charge in [0.2, 0.25) is 0 Å². The molecule has 0 aliphatic carbocycles. The van der Waals surface area contributed by atoms with Crippen LogP contribution in [0.4, 0.5) is 0 Å². The maximum atomic E-state index is 12.3. The van der Waals surface area contributed by atoms with Crippen molar-refractivity contribution < 1.29 is 9.90 Å². The molecule has 1 aliphatic rings. The van der Waals surface area contributed by atoms with Gasteiger partial charge in [-0.1, -0.05) is 23.5 Å². The summed E-state index contributed by atoms with van der Waals surface area (Å²) in [6.45, 7) is 2.46. The summed E-state index contributed by atoms with van der Waals surface area (Å²) in [7, 11) is 0. The zero-order valence-corrected chi connectivity index (χ0v) is 12.4. The molecule has 1 aromatic rings. The van der Waals surface area contributed by atoms with Crippen LogP contribution >= 0.6 is 11.8 Å². The van der Waals surface area contributed by atoms with Crippen molar-refractivity contribution >= 4 is 17.7 Å². The molecular weight excluding hydrogens is 270 g/mol. The number of rotatable bonds is 3. The van der Waals surface area contributed by atoms with Crippen molar-refractivity contribution in [2.45, 2.75) is 25.0 Å². The van der Waals surface area contributed by atoms with Crippen molar-refractivity contribution in [1.82, 2.24) is 5.32 Å². The maximum Gasteiger partial charge on any atom is 0.252 e. The molecule has 0 radical (unpaired) electrons. The van der Waals surface area contributed by atoms with Crippen LogP contribution in [0.5, 0.6) is 0 Å². The number of carbonyl (C=O) groups excluding carboxylic acids is 1. The minimum Gasteiger partial charge on any atom is -0.384 e. The van der Waals surface area contributed by atoms with E-state index in [0.717, 1.165) is 5.56 Å². The number of aliphatic hydroxyl groups is 1. The minimum absolute atomic E-state index is 0.0801. The van der Waals surface area contributed by atoms with E-state index in [-0.39, 0.29) is 12.5 Å². The van der Waals surface area contributed by atoms with Crippen LogP contribution in [0, 0.1) is 18.8 Å². The van der Waals surface area contributed by atoms with Crippen molar-refractivity contribution in [3.63, 3.8) is 0 Å². The summed E-state index contributed by atoms with van der Waals surface area (Å²) >= 11 is 1.93. The molecule has 4 heteroatoms. The van der Waals surface area contributed by atoms with E-state index in [9.17, 15) is 4.79 Å². The minimum atomic E-state index is -0.201. The molecule has 0 aromatic heterocycles. The van der Waals surface area contributed by atoms with Crippen LogP contribution in [0.2, 0.25) is 0 Å². The van der Waals surface area contributed by atoms with E-state index < -0.39 is 0 Å². The van der Waals surface area contributed by atoms with E-state index in [0.29, 0.717) is 22.9 Å². The molecule has 1 atom stereocenters. The van der Waals surface area contributed by atoms with Gasteiger partial charge in [-0.2, -0.15) is 11.8 Å². The molecule has 0 bridgehead atoms. The lowest BCUT2D eigenvalue weighted by Gasteiger charge is -2.11. The molecule has 1 aliphatic heterocycles. The largest absolute Gasteiger partial charge is 0.384 e. The summed E-state index contributed by atoms with van der Waals surface area (Å²) < 4.78 is 0. The highest BCUT2D eigenvalue weighted by molar-refractivity contribution is 8.00. The van der Waals surface area contributed by atoms with Gasteiger partial charge in [-0.15, -0.1) is 0 Å². The summed E-state index contributed by atoms with van der Waals surface area (Å²) in [5.41, 5.74) is 2.29. The standard InChI is InChI=1S/C16H19NO2S/c1-12-6-7-13(4-2-8-18)15(10-12)16(19)17-11-14-5-3-9-20-14/h6-7,10,14,18H,3,5,8-9,11H2,1H3,(H,17,19). The Balaban J connectivity index is 2.08. The van der Waals surface area contributed by atoms with E-state index in [2.05, 4.69) is 17.2 Å². The first-order valence-electron chi connectivity index (χ1n) is 6.81. The fraction of sp³-hybridized carbons (Fsp3) is 0.438. The molecule has 20 heavy (non-hydrogen) atoms. The van der Waals surface area contributed by atoms with Crippen LogP contribution in [0.15, 0.2) is 18.2 Å². The molecule has 1 saturated heterocycles. The summed E-state index contributed by atoms with van der Waals surface area (Å²) in [6, 6.07) is 5.60. The van der Waals surface area contributed by atoms with Crippen LogP contribution in [0.1, 0.15) is 34.3 Å². The average molecular weight is 289 g/mol. The number of hydrogen-bond acceptors (Lipinski definition) is 3. The van der Waals surface area contributed by atoms with Gasteiger partial charge in [-0.3, -0.25) is 4.79 Å². The summed E-state index contributed by atoms with van der Waals surface area (Å²) in [4.78, 5) is 12.3. The molecule has 2 rings (SSSR count). The molecule has 1 amide bonds. The van der Waals surface area contributed by atoms with Crippen LogP contribution in [-0.4, -0.2) is 35.2 Å². The molecular formula is C16H19NO2S. The van der Waals surface area contributed by atoms with Crippen molar-refractivity contribution in [2.24, 2.45) is 0 Å². The quantitative estimate of drug-likeness (QED) is 0.836. The predicted molar refractivity (Wildman–Crippen MR) is 83.0 cm³/mol. The fourth-order valence-corrected chi connectivity index (χ4v) is 3.40. The normalized spacial score (nSPS) is 17.4. The van der Waals surface area contributed by atoms with Gasteiger partial charge in [-0.25, -0.2) is 0 Å². The predicted octanol–water partition coefficient (Wildman–Crippen LogP) is 1.96. The third kappa shape index (κ3) is 4.03. The molecule has 3 nitrogen and oxygen atoms in total. The van der Waals surface area contributed by atoms with E-state index in [1.54, 1.807) is 0 Å². The maximum absolute atomic E-state index is 12.3. The SMILES string of the molecule is Cc1ccc(C#CCO)c(C(=O)NCC2CCCS2)c1. The topological polar surface area (TPSA) is 49.3 Å². The van der Waals surface area contributed by atoms with E-state index in [4.69, 9.17) is 5.11 Å². The van der Waals surface area contributed by atoms with Gasteiger partial charge >= 0.3 is 0 Å². The third-order valence-corrected chi connectivity index (χ3v) is 4.63. The van der Waals surface area contributed by atoms with Crippen molar-refractivity contribution in [2.75, 3.05) is 18.9 Å². The summed E-state index contributed by atoms with van der Waals surface area (Å²) in [5.74, 6) is 6.54. The number of hydrogen-bond donors (Lipinski definition) is 2. The molecule has 106 valence electrons. The Kier molecular flexibility index (Phi) is 5.51. The van der Waals surface area contributed by atoms with Gasteiger partial charge in [-0.05, 0) is 37.7 Å². The first kappa shape index (κ1) is 15.0. The highest BCUT2D eigenvalue weighted by atomic mass is 32.2. The van der Waals surface area contributed by atoms with Gasteiger partial charge in [0.1, 0.15) is 6.61 Å². The van der Waals surface area contributed by atoms with Crippen LogP contribution in [0.3, 0.4) is 0 Å². The van der Waals surface area contributed by atoms with Gasteiger partial charge in [0.15, 0.2) is 0 Å². The Hall–Kier alpha value is -1.44. The Morgan fingerprint density at radius 2 is 2.40 bits per heavy atom. The first-order valence-corrected chi connectivity index (χ1v) is 7.86. The number of carbonyl (C=O) groups is 1. The van der Waals surface area contributed by atoms with Crippen molar-refractivity contribution in [3.8, 4) is 11.8 Å². The smallest absolute Gasteiger partial charge is 0.252 e. The zero-order chi connectivity index (χ0) is 14.4. The molecule has 1 heterocycles. The molecule has 1 aromatic carbocycles. The number of amides is 1. The molecule has 0 spiro atoms. The van der Waals surface area contributed by atoms with Gasteiger partial charge in [0, 0.05) is 17.4 Å².